The molecule has 1 saturated carbocycles. The molecule has 0 bridgehead atoms. The minimum Gasteiger partial charge on any atom is -0.335 e. The number of nitrogens with one attached hydrogen (secondary N) is 1. The van der Waals surface area contributed by atoms with Crippen LogP contribution in [0.15, 0.2) is 109 Å². The number of benzene rings is 4. The molecule has 0 unspecified atom stereocenters. The zero-order valence-electron chi connectivity index (χ0n) is 27.5. The van der Waals surface area contributed by atoms with Crippen LogP contribution in [0.25, 0.3) is 11.1 Å². The monoisotopic (exact) mass is 613 g/mol. The first-order chi connectivity index (χ1) is 22.7. The summed E-state index contributed by atoms with van der Waals surface area (Å²) in [5, 5.41) is 3.57. The summed E-state index contributed by atoms with van der Waals surface area (Å²) >= 11 is 0. The Bertz CT molecular complexity index is 1460. The van der Waals surface area contributed by atoms with Gasteiger partial charge >= 0.3 is 0 Å². The van der Waals surface area contributed by atoms with Crippen molar-refractivity contribution in [3.8, 4) is 11.1 Å². The Balaban J connectivity index is 1.04. The summed E-state index contributed by atoms with van der Waals surface area (Å²) in [6, 6.07) is 39.6. The Morgan fingerprint density at radius 1 is 0.674 bits per heavy atom. The third kappa shape index (κ3) is 9.40. The fourth-order valence-electron chi connectivity index (χ4n) is 7.35. The van der Waals surface area contributed by atoms with Gasteiger partial charge in [-0.15, -0.1) is 0 Å². The van der Waals surface area contributed by atoms with E-state index in [0.717, 1.165) is 64.3 Å². The third-order valence-electron chi connectivity index (χ3n) is 10.2. The molecular weight excluding hydrogens is 562 g/mol. The van der Waals surface area contributed by atoms with Crippen molar-refractivity contribution in [2.24, 2.45) is 5.92 Å². The SMILES string of the molecule is O=C(CCC1CCCC1)N(Cc1ccc(-c2ccc(CNCCc3ccccc3)cc2)cc1)C1CCN(Cc2ccccc2)CC1. The second kappa shape index (κ2) is 16.7. The third-order valence-corrected chi connectivity index (χ3v) is 10.2. The van der Waals surface area contributed by atoms with Crippen LogP contribution >= 0.6 is 0 Å². The molecule has 0 radical (unpaired) electrons. The van der Waals surface area contributed by atoms with Crippen LogP contribution < -0.4 is 5.32 Å². The van der Waals surface area contributed by atoms with Gasteiger partial charge in [0, 0.05) is 45.2 Å². The van der Waals surface area contributed by atoms with Crippen molar-refractivity contribution in [2.75, 3.05) is 19.6 Å². The van der Waals surface area contributed by atoms with Gasteiger partial charge in [0.2, 0.25) is 5.91 Å². The van der Waals surface area contributed by atoms with Crippen LogP contribution in [0.2, 0.25) is 0 Å². The summed E-state index contributed by atoms with van der Waals surface area (Å²) < 4.78 is 0. The topological polar surface area (TPSA) is 35.6 Å². The molecule has 2 aliphatic rings. The quantitative estimate of drug-likeness (QED) is 0.145. The molecule has 1 aliphatic carbocycles. The largest absolute Gasteiger partial charge is 0.335 e. The van der Waals surface area contributed by atoms with Crippen LogP contribution in [0.3, 0.4) is 0 Å². The van der Waals surface area contributed by atoms with Crippen molar-refractivity contribution < 1.29 is 4.79 Å². The minimum absolute atomic E-state index is 0.316. The van der Waals surface area contributed by atoms with Gasteiger partial charge in [-0.2, -0.15) is 0 Å². The van der Waals surface area contributed by atoms with Gasteiger partial charge in [-0.25, -0.2) is 0 Å². The zero-order chi connectivity index (χ0) is 31.4. The lowest BCUT2D eigenvalue weighted by atomic mass is 9.97. The first-order valence-electron chi connectivity index (χ1n) is 17.7. The van der Waals surface area contributed by atoms with Gasteiger partial charge in [0.25, 0.3) is 0 Å². The number of likely N-dealkylation sites (tertiary alicyclic amines) is 1. The van der Waals surface area contributed by atoms with E-state index in [4.69, 9.17) is 0 Å². The molecule has 2 fully saturated rings. The summed E-state index contributed by atoms with van der Waals surface area (Å²) in [5.41, 5.74) is 7.72. The first kappa shape index (κ1) is 32.2. The maximum Gasteiger partial charge on any atom is 0.223 e. The zero-order valence-corrected chi connectivity index (χ0v) is 27.5. The molecule has 0 atom stereocenters. The highest BCUT2D eigenvalue weighted by Crippen LogP contribution is 2.30. The molecule has 4 heteroatoms. The highest BCUT2D eigenvalue weighted by Gasteiger charge is 2.29. The van der Waals surface area contributed by atoms with Gasteiger partial charge in [-0.3, -0.25) is 9.69 Å². The Hall–Kier alpha value is -3.73. The number of piperidine rings is 1. The van der Waals surface area contributed by atoms with Crippen molar-refractivity contribution in [3.05, 3.63) is 131 Å². The molecule has 4 nitrogen and oxygen atoms in total. The van der Waals surface area contributed by atoms with Crippen molar-refractivity contribution in [3.63, 3.8) is 0 Å². The molecule has 0 aromatic heterocycles. The Morgan fingerprint density at radius 3 is 1.89 bits per heavy atom. The average Bonchev–Trinajstić information content (AvgIpc) is 3.64. The van der Waals surface area contributed by atoms with Gasteiger partial charge in [0.1, 0.15) is 0 Å². The summed E-state index contributed by atoms with van der Waals surface area (Å²) in [6.45, 7) is 5.64. The number of rotatable bonds is 14. The fraction of sp³-hybridized carbons (Fsp3) is 0.405. The van der Waals surface area contributed by atoms with E-state index in [0.29, 0.717) is 24.9 Å². The molecule has 1 aliphatic heterocycles. The number of amides is 1. The van der Waals surface area contributed by atoms with Crippen molar-refractivity contribution in [1.29, 1.82) is 0 Å². The number of carbonyl (C=O) groups is 1. The minimum atomic E-state index is 0.316. The first-order valence-corrected chi connectivity index (χ1v) is 17.7. The van der Waals surface area contributed by atoms with E-state index in [-0.39, 0.29) is 0 Å². The Morgan fingerprint density at radius 2 is 1.26 bits per heavy atom. The van der Waals surface area contributed by atoms with Crippen LogP contribution in [0, 0.1) is 5.92 Å². The maximum absolute atomic E-state index is 13.8. The molecule has 4 aromatic rings. The Kier molecular flexibility index (Phi) is 11.7. The molecule has 1 heterocycles. The standard InChI is InChI=1S/C42H51N3O/c46-42(24-19-34-11-7-8-12-34)45(41-26-29-44(30-27-41)32-37-13-5-2-6-14-37)33-38-17-22-40(23-18-38)39-20-15-36(16-21-39)31-43-28-25-35-9-3-1-4-10-35/h1-6,9-10,13-18,20-23,34,41,43H,7-8,11-12,19,24-33H2. The van der Waals surface area contributed by atoms with Crippen LogP contribution in [0.5, 0.6) is 0 Å². The van der Waals surface area contributed by atoms with E-state index in [1.54, 1.807) is 0 Å². The number of hydrogen-bond acceptors (Lipinski definition) is 3. The van der Waals surface area contributed by atoms with E-state index >= 15 is 0 Å². The summed E-state index contributed by atoms with van der Waals surface area (Å²) in [5.74, 6) is 1.10. The molecule has 1 N–H and O–H groups in total. The molecular formula is C42H51N3O. The van der Waals surface area contributed by atoms with Crippen LogP contribution in [-0.2, 0) is 30.8 Å². The van der Waals surface area contributed by atoms with Crippen molar-refractivity contribution >= 4 is 5.91 Å². The highest BCUT2D eigenvalue weighted by molar-refractivity contribution is 5.76. The number of nitrogens with zero attached hydrogens (tertiary/aromatic N) is 2. The average molecular weight is 614 g/mol. The van der Waals surface area contributed by atoms with Gasteiger partial charge in [-0.05, 0) is 71.5 Å². The van der Waals surface area contributed by atoms with Crippen LogP contribution in [0.1, 0.15) is 73.6 Å². The van der Waals surface area contributed by atoms with E-state index in [9.17, 15) is 4.79 Å². The molecule has 46 heavy (non-hydrogen) atoms. The smallest absolute Gasteiger partial charge is 0.223 e. The van der Waals surface area contributed by atoms with Gasteiger partial charge in [0.15, 0.2) is 0 Å². The number of hydrogen-bond donors (Lipinski definition) is 1. The lowest BCUT2D eigenvalue weighted by molar-refractivity contribution is -0.135. The van der Waals surface area contributed by atoms with Crippen molar-refractivity contribution in [1.82, 2.24) is 15.1 Å². The normalized spacial score (nSPS) is 16.1. The second-order valence-electron chi connectivity index (χ2n) is 13.5. The van der Waals surface area contributed by atoms with Gasteiger partial charge < -0.3 is 10.2 Å². The number of carbonyl (C=O) groups excluding carboxylic acids is 1. The molecule has 1 amide bonds. The molecule has 4 aromatic carbocycles. The predicted molar refractivity (Wildman–Crippen MR) is 190 cm³/mol. The van der Waals surface area contributed by atoms with Crippen LogP contribution in [0.4, 0.5) is 0 Å². The van der Waals surface area contributed by atoms with Crippen LogP contribution in [-0.4, -0.2) is 41.4 Å². The summed E-state index contributed by atoms with van der Waals surface area (Å²) in [6.07, 6.45) is 10.2. The molecule has 1 saturated heterocycles. The highest BCUT2D eigenvalue weighted by atomic mass is 16.2. The fourth-order valence-corrected chi connectivity index (χ4v) is 7.35. The lowest BCUT2D eigenvalue weighted by Crippen LogP contribution is -2.46. The van der Waals surface area contributed by atoms with Gasteiger partial charge in [0.05, 0.1) is 0 Å². The molecule has 240 valence electrons. The van der Waals surface area contributed by atoms with E-state index in [1.165, 1.54) is 59.1 Å². The van der Waals surface area contributed by atoms with Crippen molar-refractivity contribution in [2.45, 2.75) is 83.5 Å². The molecule has 6 rings (SSSR count). The predicted octanol–water partition coefficient (Wildman–Crippen LogP) is 8.65. The molecule has 0 spiro atoms. The van der Waals surface area contributed by atoms with E-state index in [1.807, 2.05) is 0 Å². The second-order valence-corrected chi connectivity index (χ2v) is 13.5. The Labute approximate surface area is 276 Å². The summed E-state index contributed by atoms with van der Waals surface area (Å²) in [7, 11) is 0. The summed E-state index contributed by atoms with van der Waals surface area (Å²) in [4.78, 5) is 18.6. The lowest BCUT2D eigenvalue weighted by Gasteiger charge is -2.39. The van der Waals surface area contributed by atoms with E-state index < -0.39 is 0 Å². The van der Waals surface area contributed by atoms with E-state index in [2.05, 4.69) is 124 Å². The maximum atomic E-state index is 13.8. The van der Waals surface area contributed by atoms with Gasteiger partial charge in [-0.1, -0.05) is 135 Å².